The molecule has 0 saturated carbocycles. The molecule has 7 nitrogen and oxygen atoms in total. The second-order valence-corrected chi connectivity index (χ2v) is 14.1. The Kier molecular flexibility index (Phi) is 11.6. The SMILES string of the molecule is Cc1ccc(S(=O)(=O)N(CC(=O)N(Cc2cccc(Cl)c2)[C@H](Cc2ccccc2)C(=O)NC(C)C)c2ccc(Cl)c(Cl)c2)cc1. The highest BCUT2D eigenvalue weighted by molar-refractivity contribution is 7.92. The fourth-order valence-electron chi connectivity index (χ4n) is 4.77. The van der Waals surface area contributed by atoms with E-state index in [0.29, 0.717) is 10.6 Å². The number of anilines is 1. The van der Waals surface area contributed by atoms with Gasteiger partial charge < -0.3 is 10.2 Å². The molecule has 4 rings (SSSR count). The summed E-state index contributed by atoms with van der Waals surface area (Å²) in [6.07, 6.45) is 0.198. The molecule has 0 heterocycles. The van der Waals surface area contributed by atoms with Crippen molar-refractivity contribution in [2.45, 2.75) is 50.7 Å². The summed E-state index contributed by atoms with van der Waals surface area (Å²) in [5, 5.41) is 3.75. The minimum atomic E-state index is -4.27. The summed E-state index contributed by atoms with van der Waals surface area (Å²) in [6, 6.07) is 25.8. The van der Waals surface area contributed by atoms with E-state index >= 15 is 0 Å². The van der Waals surface area contributed by atoms with Crippen molar-refractivity contribution in [3.8, 4) is 0 Å². The van der Waals surface area contributed by atoms with Gasteiger partial charge in [0, 0.05) is 24.0 Å². The van der Waals surface area contributed by atoms with E-state index in [1.807, 2.05) is 51.1 Å². The first kappa shape index (κ1) is 34.3. The van der Waals surface area contributed by atoms with Crippen LogP contribution in [0.5, 0.6) is 0 Å². The highest BCUT2D eigenvalue weighted by Gasteiger charge is 2.35. The van der Waals surface area contributed by atoms with Crippen LogP contribution in [0.25, 0.3) is 0 Å². The van der Waals surface area contributed by atoms with Crippen molar-refractivity contribution in [1.82, 2.24) is 10.2 Å². The van der Waals surface area contributed by atoms with Crippen molar-refractivity contribution >= 4 is 62.3 Å². The zero-order chi connectivity index (χ0) is 32.7. The summed E-state index contributed by atoms with van der Waals surface area (Å²) in [5.41, 5.74) is 2.53. The summed E-state index contributed by atoms with van der Waals surface area (Å²) in [7, 11) is -4.27. The maximum atomic E-state index is 14.5. The average molecular weight is 687 g/mol. The van der Waals surface area contributed by atoms with E-state index in [1.54, 1.807) is 36.4 Å². The van der Waals surface area contributed by atoms with Crippen LogP contribution in [0.4, 0.5) is 5.69 Å². The molecule has 0 radical (unpaired) electrons. The Hall–Kier alpha value is -3.56. The standard InChI is InChI=1S/C34H34Cl3N3O4S/c1-23(2)38-34(42)32(19-25-8-5-4-6-9-25)39(21-26-10-7-11-27(35)18-26)33(41)22-40(28-14-17-30(36)31(37)20-28)45(43,44)29-15-12-24(3)13-16-29/h4-18,20,23,32H,19,21-22H2,1-3H3,(H,38,42)/t32-/m1/s1. The Bertz CT molecular complexity index is 1750. The Morgan fingerprint density at radius 3 is 2.09 bits per heavy atom. The third-order valence-electron chi connectivity index (χ3n) is 7.02. The molecule has 0 bridgehead atoms. The summed E-state index contributed by atoms with van der Waals surface area (Å²) in [5.74, 6) is -0.969. The van der Waals surface area contributed by atoms with Crippen LogP contribution in [0.15, 0.2) is 102 Å². The van der Waals surface area contributed by atoms with Crippen LogP contribution in [0.3, 0.4) is 0 Å². The number of amides is 2. The molecule has 0 saturated heterocycles. The van der Waals surface area contributed by atoms with E-state index in [1.165, 1.54) is 35.2 Å². The number of benzene rings is 4. The number of sulfonamides is 1. The van der Waals surface area contributed by atoms with Gasteiger partial charge in [-0.2, -0.15) is 0 Å². The zero-order valence-corrected chi connectivity index (χ0v) is 28.2. The van der Waals surface area contributed by atoms with E-state index in [4.69, 9.17) is 34.8 Å². The maximum absolute atomic E-state index is 14.5. The summed E-state index contributed by atoms with van der Waals surface area (Å²) >= 11 is 18.8. The molecule has 11 heteroatoms. The molecule has 0 aliphatic heterocycles. The molecule has 0 aliphatic rings. The van der Waals surface area contributed by atoms with Crippen LogP contribution < -0.4 is 9.62 Å². The molecule has 0 fully saturated rings. The number of aryl methyl sites for hydroxylation is 1. The van der Waals surface area contributed by atoms with Gasteiger partial charge in [-0.3, -0.25) is 13.9 Å². The number of rotatable bonds is 12. The first-order valence-corrected chi connectivity index (χ1v) is 16.8. The van der Waals surface area contributed by atoms with E-state index in [9.17, 15) is 18.0 Å². The summed E-state index contributed by atoms with van der Waals surface area (Å²) in [4.78, 5) is 29.6. The zero-order valence-electron chi connectivity index (χ0n) is 25.1. The number of nitrogens with one attached hydrogen (secondary N) is 1. The van der Waals surface area contributed by atoms with Gasteiger partial charge in [0.1, 0.15) is 12.6 Å². The van der Waals surface area contributed by atoms with Crippen molar-refractivity contribution in [1.29, 1.82) is 0 Å². The monoisotopic (exact) mass is 685 g/mol. The molecule has 236 valence electrons. The van der Waals surface area contributed by atoms with Crippen LogP contribution in [0.1, 0.15) is 30.5 Å². The van der Waals surface area contributed by atoms with Gasteiger partial charge in [0.05, 0.1) is 20.6 Å². The Balaban J connectivity index is 1.82. The number of hydrogen-bond donors (Lipinski definition) is 1. The van der Waals surface area contributed by atoms with E-state index in [-0.39, 0.29) is 45.5 Å². The number of hydrogen-bond acceptors (Lipinski definition) is 4. The second-order valence-electron chi connectivity index (χ2n) is 10.9. The number of carbonyl (C=O) groups excluding carboxylic acids is 2. The smallest absolute Gasteiger partial charge is 0.264 e. The Morgan fingerprint density at radius 1 is 0.800 bits per heavy atom. The number of carbonyl (C=O) groups is 2. The van der Waals surface area contributed by atoms with Crippen molar-refractivity contribution in [2.75, 3.05) is 10.8 Å². The minimum Gasteiger partial charge on any atom is -0.352 e. The van der Waals surface area contributed by atoms with Crippen molar-refractivity contribution < 1.29 is 18.0 Å². The van der Waals surface area contributed by atoms with Gasteiger partial charge in [-0.25, -0.2) is 8.42 Å². The van der Waals surface area contributed by atoms with Gasteiger partial charge in [-0.1, -0.05) is 95.0 Å². The maximum Gasteiger partial charge on any atom is 0.264 e. The van der Waals surface area contributed by atoms with Crippen molar-refractivity contribution in [3.63, 3.8) is 0 Å². The van der Waals surface area contributed by atoms with Gasteiger partial charge in [-0.15, -0.1) is 0 Å². The first-order chi connectivity index (χ1) is 21.3. The van der Waals surface area contributed by atoms with Crippen LogP contribution in [-0.2, 0) is 32.6 Å². The molecular formula is C34H34Cl3N3O4S. The normalized spacial score (nSPS) is 12.1. The molecule has 4 aromatic rings. The number of halogens is 3. The Labute approximate surface area is 279 Å². The Morgan fingerprint density at radius 2 is 1.47 bits per heavy atom. The minimum absolute atomic E-state index is 0.00218. The van der Waals surface area contributed by atoms with Gasteiger partial charge in [0.25, 0.3) is 10.0 Å². The summed E-state index contributed by atoms with van der Waals surface area (Å²) < 4.78 is 29.2. The molecule has 0 unspecified atom stereocenters. The van der Waals surface area contributed by atoms with Gasteiger partial charge in [0.2, 0.25) is 11.8 Å². The third-order valence-corrected chi connectivity index (χ3v) is 9.79. The molecule has 0 aromatic heterocycles. The van der Waals surface area contributed by atoms with Gasteiger partial charge in [-0.05, 0) is 74.4 Å². The third kappa shape index (κ3) is 9.01. The molecule has 0 spiro atoms. The molecule has 2 amide bonds. The summed E-state index contributed by atoms with van der Waals surface area (Å²) in [6.45, 7) is 4.90. The van der Waals surface area contributed by atoms with Crippen LogP contribution in [0, 0.1) is 6.92 Å². The van der Waals surface area contributed by atoms with Gasteiger partial charge >= 0.3 is 0 Å². The second kappa shape index (κ2) is 15.1. The molecule has 45 heavy (non-hydrogen) atoms. The highest BCUT2D eigenvalue weighted by atomic mass is 35.5. The topological polar surface area (TPSA) is 86.8 Å². The lowest BCUT2D eigenvalue weighted by molar-refractivity contribution is -0.140. The predicted octanol–water partition coefficient (Wildman–Crippen LogP) is 7.32. The molecule has 1 N–H and O–H groups in total. The van der Waals surface area contributed by atoms with Gasteiger partial charge in [0.15, 0.2) is 0 Å². The highest BCUT2D eigenvalue weighted by Crippen LogP contribution is 2.31. The van der Waals surface area contributed by atoms with Crippen LogP contribution >= 0.6 is 34.8 Å². The first-order valence-electron chi connectivity index (χ1n) is 14.3. The lowest BCUT2D eigenvalue weighted by Gasteiger charge is -2.34. The molecule has 0 aliphatic carbocycles. The van der Waals surface area contributed by atoms with E-state index in [2.05, 4.69) is 5.32 Å². The quantitative estimate of drug-likeness (QED) is 0.169. The van der Waals surface area contributed by atoms with Crippen molar-refractivity contribution in [2.24, 2.45) is 0 Å². The molecule has 4 aromatic carbocycles. The fourth-order valence-corrected chi connectivity index (χ4v) is 6.68. The fraction of sp³-hybridized carbons (Fsp3) is 0.235. The lowest BCUT2D eigenvalue weighted by Crippen LogP contribution is -2.54. The number of nitrogens with zero attached hydrogens (tertiary/aromatic N) is 2. The van der Waals surface area contributed by atoms with Crippen molar-refractivity contribution in [3.05, 3.63) is 129 Å². The van der Waals surface area contributed by atoms with E-state index < -0.39 is 28.5 Å². The largest absolute Gasteiger partial charge is 0.352 e. The van der Waals surface area contributed by atoms with Crippen LogP contribution in [-0.4, -0.2) is 43.8 Å². The molecule has 1 atom stereocenters. The average Bonchev–Trinajstić information content (AvgIpc) is 2.99. The van der Waals surface area contributed by atoms with Crippen LogP contribution in [0.2, 0.25) is 15.1 Å². The predicted molar refractivity (Wildman–Crippen MR) is 181 cm³/mol. The lowest BCUT2D eigenvalue weighted by atomic mass is 10.0. The van der Waals surface area contributed by atoms with E-state index in [0.717, 1.165) is 15.4 Å². The molecular weight excluding hydrogens is 653 g/mol.